The van der Waals surface area contributed by atoms with Gasteiger partial charge in [0.05, 0.1) is 6.42 Å². The van der Waals surface area contributed by atoms with Crippen LogP contribution in [0.1, 0.15) is 45.1 Å². The van der Waals surface area contributed by atoms with Crippen LogP contribution in [-0.2, 0) is 40.1 Å². The summed E-state index contributed by atoms with van der Waals surface area (Å²) < 4.78 is 4.82. The summed E-state index contributed by atoms with van der Waals surface area (Å²) in [7, 11) is 0. The minimum atomic E-state index is -2.19. The molecule has 1 aromatic carbocycles. The molecule has 0 heterocycles. The molecule has 0 bridgehead atoms. The maximum atomic E-state index is 13.1. The number of carbonyl (C=O) groups is 8. The lowest BCUT2D eigenvalue weighted by atomic mass is 10.0. The van der Waals surface area contributed by atoms with Crippen LogP contribution in [0.4, 0.5) is 15.3 Å². The number of urea groups is 1. The molecule has 18 heteroatoms. The number of benzene rings is 1. The summed E-state index contributed by atoms with van der Waals surface area (Å²) in [5.41, 5.74) is 5.73. The number of alkyl carbamates (subject to hydrolysis) is 1. The number of hydrogen-bond acceptors (Lipinski definition) is 9. The summed E-state index contributed by atoms with van der Waals surface area (Å²) in [6.07, 6.45) is -1.75. The van der Waals surface area contributed by atoms with Gasteiger partial charge in [0, 0.05) is 18.7 Å². The maximum Gasteiger partial charge on any atom is 0.408 e. The van der Waals surface area contributed by atoms with Crippen LogP contribution in [0.25, 0.3) is 0 Å². The highest BCUT2D eigenvalue weighted by molar-refractivity contribution is 6.00. The second-order valence-electron chi connectivity index (χ2n) is 9.69. The van der Waals surface area contributed by atoms with Gasteiger partial charge in [-0.2, -0.15) is 0 Å². The van der Waals surface area contributed by atoms with Gasteiger partial charge in [-0.25, -0.2) is 19.2 Å². The van der Waals surface area contributed by atoms with Crippen molar-refractivity contribution in [3.8, 4) is 0 Å². The summed E-state index contributed by atoms with van der Waals surface area (Å²) in [6.45, 7) is 3.06. The highest BCUT2D eigenvalue weighted by Crippen LogP contribution is 2.13. The van der Waals surface area contributed by atoms with Crippen LogP contribution in [0.2, 0.25) is 0 Å². The van der Waals surface area contributed by atoms with E-state index in [0.29, 0.717) is 5.56 Å². The van der Waals surface area contributed by atoms with Gasteiger partial charge in [0.15, 0.2) is 0 Å². The normalized spacial score (nSPS) is 11.9. The Balaban J connectivity index is 2.89. The number of carboxylic acids is 3. The first-order chi connectivity index (χ1) is 20.6. The third kappa shape index (κ3) is 14.0. The Morgan fingerprint density at radius 3 is 1.98 bits per heavy atom. The van der Waals surface area contributed by atoms with Crippen molar-refractivity contribution < 1.29 is 58.4 Å². The third-order valence-corrected chi connectivity index (χ3v) is 5.78. The molecule has 0 aliphatic rings. The largest absolute Gasteiger partial charge is 0.481 e. The van der Waals surface area contributed by atoms with E-state index < -0.39 is 78.2 Å². The highest BCUT2D eigenvalue weighted by Gasteiger charge is 2.30. The topological polar surface area (TPSA) is 293 Å². The Morgan fingerprint density at radius 1 is 0.841 bits per heavy atom. The zero-order valence-electron chi connectivity index (χ0n) is 24.0. The SMILES string of the molecule is CC(C)[C@H](NC(=O)CCC(=O)O)C(=O)N[C@@H](CCCNC(N)=O)C(=O)Nc1ccc(COC(=O)NC(C(=O)O)C(=O)O)cc1. The van der Waals surface area contributed by atoms with E-state index in [0.717, 1.165) is 0 Å². The van der Waals surface area contributed by atoms with Gasteiger partial charge >= 0.3 is 30.0 Å². The molecule has 0 saturated carbocycles. The molecular formula is C26H36N6O12. The molecule has 0 saturated heterocycles. The Bertz CT molecular complexity index is 1210. The number of hydrogen-bond donors (Lipinski definition) is 9. The molecule has 0 aliphatic heterocycles. The third-order valence-electron chi connectivity index (χ3n) is 5.78. The first-order valence-electron chi connectivity index (χ1n) is 13.2. The van der Waals surface area contributed by atoms with E-state index >= 15 is 0 Å². The molecule has 6 amide bonds. The van der Waals surface area contributed by atoms with Crippen molar-refractivity contribution in [3.63, 3.8) is 0 Å². The number of carbonyl (C=O) groups excluding carboxylic acids is 5. The van der Waals surface area contributed by atoms with Crippen LogP contribution in [-0.4, -0.2) is 87.7 Å². The van der Waals surface area contributed by atoms with Crippen LogP contribution in [0.5, 0.6) is 0 Å². The van der Waals surface area contributed by atoms with Gasteiger partial charge in [-0.1, -0.05) is 26.0 Å². The van der Waals surface area contributed by atoms with Gasteiger partial charge < -0.3 is 47.1 Å². The summed E-state index contributed by atoms with van der Waals surface area (Å²) in [6, 6.07) is 0.637. The minimum absolute atomic E-state index is 0.0599. The standard InChI is InChI=1S/C26H36N6O12/c1-13(2)19(31-17(33)9-10-18(34)35)22(37)30-16(4-3-11-28-25(27)42)21(36)29-15-7-5-14(6-8-15)12-44-26(43)32-20(23(38)39)24(40)41/h5-8,13,16,19-20H,3-4,9-12H2,1-2H3,(H,29,36)(H,30,37)(H,31,33)(H,32,43)(H,34,35)(H,38,39)(H,40,41)(H3,27,28,42)/t16-,19-/m0/s1. The second kappa shape index (κ2) is 18.2. The van der Waals surface area contributed by atoms with Crippen molar-refractivity contribution >= 4 is 53.4 Å². The number of rotatable bonds is 18. The zero-order chi connectivity index (χ0) is 33.4. The van der Waals surface area contributed by atoms with E-state index in [9.17, 15) is 38.4 Å². The van der Waals surface area contributed by atoms with Crippen LogP contribution < -0.4 is 32.3 Å². The average molecular weight is 625 g/mol. The maximum absolute atomic E-state index is 13.1. The van der Waals surface area contributed by atoms with E-state index in [1.54, 1.807) is 19.2 Å². The molecule has 44 heavy (non-hydrogen) atoms. The number of nitrogens with two attached hydrogens (primary N) is 1. The van der Waals surface area contributed by atoms with Crippen molar-refractivity contribution in [2.45, 2.75) is 64.3 Å². The molecular weight excluding hydrogens is 588 g/mol. The molecule has 0 unspecified atom stereocenters. The molecule has 0 radical (unpaired) electrons. The van der Waals surface area contributed by atoms with Crippen molar-refractivity contribution in [2.24, 2.45) is 11.7 Å². The van der Waals surface area contributed by atoms with E-state index in [-0.39, 0.29) is 38.1 Å². The van der Waals surface area contributed by atoms with E-state index in [4.69, 9.17) is 25.8 Å². The fraction of sp³-hybridized carbons (Fsp3) is 0.462. The van der Waals surface area contributed by atoms with E-state index in [2.05, 4.69) is 21.3 Å². The highest BCUT2D eigenvalue weighted by atomic mass is 16.5. The molecule has 1 rings (SSSR count). The lowest BCUT2D eigenvalue weighted by Gasteiger charge is -2.25. The van der Waals surface area contributed by atoms with Gasteiger partial charge in [-0.3, -0.25) is 24.5 Å². The lowest BCUT2D eigenvalue weighted by molar-refractivity contribution is -0.151. The second-order valence-corrected chi connectivity index (χ2v) is 9.69. The summed E-state index contributed by atoms with van der Waals surface area (Å²) in [5.74, 6) is -7.15. The zero-order valence-corrected chi connectivity index (χ0v) is 24.0. The molecule has 0 aliphatic carbocycles. The molecule has 0 aromatic heterocycles. The summed E-state index contributed by atoms with van der Waals surface area (Å²) in [5, 5.41) is 38.1. The minimum Gasteiger partial charge on any atom is -0.481 e. The first kappa shape index (κ1) is 36.6. The Labute approximate surface area is 251 Å². The van der Waals surface area contributed by atoms with Crippen molar-refractivity contribution in [1.29, 1.82) is 0 Å². The number of primary amides is 1. The molecule has 2 atom stereocenters. The monoisotopic (exact) mass is 624 g/mol. The van der Waals surface area contributed by atoms with Crippen molar-refractivity contribution in [3.05, 3.63) is 29.8 Å². The smallest absolute Gasteiger partial charge is 0.408 e. The van der Waals surface area contributed by atoms with Crippen molar-refractivity contribution in [1.82, 2.24) is 21.3 Å². The molecule has 0 spiro atoms. The van der Waals surface area contributed by atoms with Gasteiger partial charge in [-0.05, 0) is 36.5 Å². The fourth-order valence-electron chi connectivity index (χ4n) is 3.50. The van der Waals surface area contributed by atoms with Crippen LogP contribution in [0.3, 0.4) is 0 Å². The Hall–Kier alpha value is -5.42. The predicted molar refractivity (Wildman–Crippen MR) is 150 cm³/mol. The molecule has 0 fully saturated rings. The number of nitrogens with one attached hydrogen (secondary N) is 5. The van der Waals surface area contributed by atoms with Crippen LogP contribution in [0, 0.1) is 5.92 Å². The van der Waals surface area contributed by atoms with Crippen LogP contribution in [0.15, 0.2) is 24.3 Å². The number of ether oxygens (including phenoxy) is 1. The summed E-state index contributed by atoms with van der Waals surface area (Å²) in [4.78, 5) is 93.5. The Morgan fingerprint density at radius 2 is 1.45 bits per heavy atom. The number of aliphatic carboxylic acids is 3. The molecule has 18 nitrogen and oxygen atoms in total. The molecule has 1 aromatic rings. The summed E-state index contributed by atoms with van der Waals surface area (Å²) >= 11 is 0. The quantitative estimate of drug-likeness (QED) is 0.0726. The van der Waals surface area contributed by atoms with Crippen LogP contribution >= 0.6 is 0 Å². The average Bonchev–Trinajstić information content (AvgIpc) is 2.93. The van der Waals surface area contributed by atoms with Gasteiger partial charge in [0.2, 0.25) is 23.8 Å². The Kier molecular flexibility index (Phi) is 15.1. The lowest BCUT2D eigenvalue weighted by Crippen LogP contribution is -2.54. The first-order valence-corrected chi connectivity index (χ1v) is 13.2. The van der Waals surface area contributed by atoms with Gasteiger partial charge in [0.25, 0.3) is 0 Å². The van der Waals surface area contributed by atoms with E-state index in [1.165, 1.54) is 24.3 Å². The van der Waals surface area contributed by atoms with Gasteiger partial charge in [-0.15, -0.1) is 0 Å². The van der Waals surface area contributed by atoms with E-state index in [1.807, 2.05) is 0 Å². The number of anilines is 1. The predicted octanol–water partition coefficient (Wildman–Crippen LogP) is -0.672. The number of amides is 6. The fourth-order valence-corrected chi connectivity index (χ4v) is 3.50. The van der Waals surface area contributed by atoms with Crippen molar-refractivity contribution in [2.75, 3.05) is 11.9 Å². The number of carboxylic acid groups (broad SMARTS) is 3. The molecule has 242 valence electrons. The van der Waals surface area contributed by atoms with Gasteiger partial charge in [0.1, 0.15) is 18.7 Å². The molecule has 10 N–H and O–H groups in total.